The fourth-order valence-electron chi connectivity index (χ4n) is 2.18. The van der Waals surface area contributed by atoms with Gasteiger partial charge in [-0.05, 0) is 44.6 Å². The van der Waals surface area contributed by atoms with Gasteiger partial charge in [-0.25, -0.2) is 0 Å². The van der Waals surface area contributed by atoms with Crippen LogP contribution in [-0.4, -0.2) is 35.0 Å². The van der Waals surface area contributed by atoms with Gasteiger partial charge in [0.05, 0.1) is 11.7 Å². The number of rotatable bonds is 5. The SMILES string of the molecule is CC(C)C(C)(O)CNCC1CCCC(O)C1. The molecule has 0 saturated heterocycles. The van der Waals surface area contributed by atoms with Gasteiger partial charge in [0, 0.05) is 6.54 Å². The van der Waals surface area contributed by atoms with Crippen LogP contribution in [0.4, 0.5) is 0 Å². The van der Waals surface area contributed by atoms with Crippen molar-refractivity contribution in [2.24, 2.45) is 11.8 Å². The third-order valence-corrected chi connectivity index (χ3v) is 3.91. The van der Waals surface area contributed by atoms with E-state index in [9.17, 15) is 10.2 Å². The third kappa shape index (κ3) is 4.40. The molecule has 3 N–H and O–H groups in total. The Labute approximate surface area is 99.3 Å². The summed E-state index contributed by atoms with van der Waals surface area (Å²) in [5.74, 6) is 0.837. The Kier molecular flexibility index (Phi) is 5.22. The quantitative estimate of drug-likeness (QED) is 0.670. The van der Waals surface area contributed by atoms with Gasteiger partial charge in [0.25, 0.3) is 0 Å². The molecule has 3 heteroatoms. The van der Waals surface area contributed by atoms with E-state index >= 15 is 0 Å². The Balaban J connectivity index is 2.20. The molecule has 1 aliphatic rings. The minimum absolute atomic E-state index is 0.105. The average Bonchev–Trinajstić information content (AvgIpc) is 2.17. The van der Waals surface area contributed by atoms with E-state index in [2.05, 4.69) is 5.32 Å². The van der Waals surface area contributed by atoms with Gasteiger partial charge in [-0.1, -0.05) is 20.3 Å². The predicted octanol–water partition coefficient (Wildman–Crippen LogP) is 1.53. The zero-order chi connectivity index (χ0) is 12.2. The lowest BCUT2D eigenvalue weighted by Gasteiger charge is -2.30. The lowest BCUT2D eigenvalue weighted by Crippen LogP contribution is -2.44. The van der Waals surface area contributed by atoms with E-state index in [1.807, 2.05) is 20.8 Å². The van der Waals surface area contributed by atoms with Crippen molar-refractivity contribution in [2.75, 3.05) is 13.1 Å². The van der Waals surface area contributed by atoms with Crippen molar-refractivity contribution in [1.29, 1.82) is 0 Å². The van der Waals surface area contributed by atoms with Gasteiger partial charge >= 0.3 is 0 Å². The summed E-state index contributed by atoms with van der Waals surface area (Å²) < 4.78 is 0. The molecule has 0 aromatic rings. The zero-order valence-electron chi connectivity index (χ0n) is 10.9. The van der Waals surface area contributed by atoms with E-state index in [1.54, 1.807) is 0 Å². The summed E-state index contributed by atoms with van der Waals surface area (Å²) in [6, 6.07) is 0. The first-order chi connectivity index (χ1) is 7.42. The van der Waals surface area contributed by atoms with E-state index in [1.165, 1.54) is 6.42 Å². The molecule has 0 aliphatic heterocycles. The van der Waals surface area contributed by atoms with Crippen LogP contribution in [0.15, 0.2) is 0 Å². The average molecular weight is 229 g/mol. The van der Waals surface area contributed by atoms with Crippen LogP contribution in [-0.2, 0) is 0 Å². The lowest BCUT2D eigenvalue weighted by atomic mass is 9.87. The van der Waals surface area contributed by atoms with Gasteiger partial charge in [0.15, 0.2) is 0 Å². The van der Waals surface area contributed by atoms with Crippen molar-refractivity contribution >= 4 is 0 Å². The molecular weight excluding hydrogens is 202 g/mol. The summed E-state index contributed by atoms with van der Waals surface area (Å²) in [5.41, 5.74) is -0.632. The van der Waals surface area contributed by atoms with Crippen LogP contribution in [0.5, 0.6) is 0 Å². The molecule has 0 heterocycles. The molecule has 1 fully saturated rings. The standard InChI is InChI=1S/C13H27NO2/c1-10(2)13(3,16)9-14-8-11-5-4-6-12(15)7-11/h10-12,14-16H,4-9H2,1-3H3. The first kappa shape index (κ1) is 13.9. The summed E-state index contributed by atoms with van der Waals surface area (Å²) in [6.07, 6.45) is 4.10. The van der Waals surface area contributed by atoms with E-state index < -0.39 is 5.60 Å². The Bertz CT molecular complexity index is 204. The number of aliphatic hydroxyl groups is 2. The van der Waals surface area contributed by atoms with E-state index in [0.717, 1.165) is 25.8 Å². The topological polar surface area (TPSA) is 52.5 Å². The predicted molar refractivity (Wildman–Crippen MR) is 66.3 cm³/mol. The van der Waals surface area contributed by atoms with Gasteiger partial charge < -0.3 is 15.5 Å². The molecule has 0 radical (unpaired) electrons. The first-order valence-corrected chi connectivity index (χ1v) is 6.53. The van der Waals surface area contributed by atoms with Crippen molar-refractivity contribution < 1.29 is 10.2 Å². The summed E-state index contributed by atoms with van der Waals surface area (Å²) in [7, 11) is 0. The second kappa shape index (κ2) is 5.99. The normalized spacial score (nSPS) is 30.4. The van der Waals surface area contributed by atoms with Crippen molar-refractivity contribution in [3.05, 3.63) is 0 Å². The molecule has 96 valence electrons. The van der Waals surface area contributed by atoms with Crippen LogP contribution < -0.4 is 5.32 Å². The highest BCUT2D eigenvalue weighted by molar-refractivity contribution is 4.80. The molecule has 0 aromatic heterocycles. The molecular formula is C13H27NO2. The van der Waals surface area contributed by atoms with E-state index in [4.69, 9.17) is 0 Å². The molecule has 0 bridgehead atoms. The molecule has 0 amide bonds. The van der Waals surface area contributed by atoms with Crippen LogP contribution in [0.25, 0.3) is 0 Å². The molecule has 0 spiro atoms. The molecule has 16 heavy (non-hydrogen) atoms. The maximum atomic E-state index is 10.1. The number of hydrogen-bond donors (Lipinski definition) is 3. The van der Waals surface area contributed by atoms with Gasteiger partial charge in [0.2, 0.25) is 0 Å². The fourth-order valence-corrected chi connectivity index (χ4v) is 2.18. The molecule has 1 saturated carbocycles. The largest absolute Gasteiger partial charge is 0.393 e. The third-order valence-electron chi connectivity index (χ3n) is 3.91. The number of nitrogens with one attached hydrogen (secondary N) is 1. The number of hydrogen-bond acceptors (Lipinski definition) is 3. The van der Waals surface area contributed by atoms with Gasteiger partial charge in [-0.15, -0.1) is 0 Å². The van der Waals surface area contributed by atoms with E-state index in [-0.39, 0.29) is 12.0 Å². The highest BCUT2D eigenvalue weighted by Gasteiger charge is 2.25. The zero-order valence-corrected chi connectivity index (χ0v) is 10.9. The van der Waals surface area contributed by atoms with Crippen molar-refractivity contribution in [2.45, 2.75) is 58.2 Å². The van der Waals surface area contributed by atoms with Gasteiger partial charge in [-0.3, -0.25) is 0 Å². The molecule has 1 aliphatic carbocycles. The Morgan fingerprint density at radius 3 is 2.62 bits per heavy atom. The second-order valence-electron chi connectivity index (χ2n) is 5.83. The highest BCUT2D eigenvalue weighted by atomic mass is 16.3. The van der Waals surface area contributed by atoms with Crippen molar-refractivity contribution in [3.63, 3.8) is 0 Å². The molecule has 1 rings (SSSR count). The Morgan fingerprint density at radius 2 is 2.06 bits per heavy atom. The van der Waals surface area contributed by atoms with E-state index in [0.29, 0.717) is 12.5 Å². The van der Waals surface area contributed by atoms with Crippen LogP contribution in [0.3, 0.4) is 0 Å². The van der Waals surface area contributed by atoms with Crippen LogP contribution >= 0.6 is 0 Å². The van der Waals surface area contributed by atoms with Gasteiger partial charge in [-0.2, -0.15) is 0 Å². The molecule has 3 atom stereocenters. The lowest BCUT2D eigenvalue weighted by molar-refractivity contribution is 0.0122. The first-order valence-electron chi connectivity index (χ1n) is 6.53. The summed E-state index contributed by atoms with van der Waals surface area (Å²) in [4.78, 5) is 0. The maximum absolute atomic E-state index is 10.1. The summed E-state index contributed by atoms with van der Waals surface area (Å²) in [6.45, 7) is 7.50. The van der Waals surface area contributed by atoms with Gasteiger partial charge in [0.1, 0.15) is 0 Å². The highest BCUT2D eigenvalue weighted by Crippen LogP contribution is 2.23. The Morgan fingerprint density at radius 1 is 1.38 bits per heavy atom. The fraction of sp³-hybridized carbons (Fsp3) is 1.00. The number of aliphatic hydroxyl groups excluding tert-OH is 1. The maximum Gasteiger partial charge on any atom is 0.0766 e. The minimum atomic E-state index is -0.632. The van der Waals surface area contributed by atoms with Crippen LogP contribution in [0.1, 0.15) is 46.5 Å². The molecule has 0 aromatic carbocycles. The minimum Gasteiger partial charge on any atom is -0.393 e. The Hall–Kier alpha value is -0.120. The molecule has 3 unspecified atom stereocenters. The van der Waals surface area contributed by atoms with Crippen LogP contribution in [0.2, 0.25) is 0 Å². The summed E-state index contributed by atoms with van der Waals surface area (Å²) >= 11 is 0. The van der Waals surface area contributed by atoms with Crippen molar-refractivity contribution in [1.82, 2.24) is 5.32 Å². The molecule has 3 nitrogen and oxygen atoms in total. The smallest absolute Gasteiger partial charge is 0.0766 e. The second-order valence-corrected chi connectivity index (χ2v) is 5.83. The summed E-state index contributed by atoms with van der Waals surface area (Å²) in [5, 5.41) is 22.9. The van der Waals surface area contributed by atoms with Crippen LogP contribution in [0, 0.1) is 11.8 Å². The van der Waals surface area contributed by atoms with Crippen molar-refractivity contribution in [3.8, 4) is 0 Å². The monoisotopic (exact) mass is 229 g/mol.